The van der Waals surface area contributed by atoms with Crippen LogP contribution in [0.15, 0.2) is 5.16 Å². The molecule has 0 amide bonds. The van der Waals surface area contributed by atoms with Crippen LogP contribution in [0.25, 0.3) is 0 Å². The zero-order valence-electron chi connectivity index (χ0n) is 12.3. The number of methoxy groups -OCH3 is 1. The van der Waals surface area contributed by atoms with Crippen molar-refractivity contribution < 1.29 is 14.0 Å². The molecule has 5 heteroatoms. The molecule has 1 heterocycles. The van der Waals surface area contributed by atoms with Crippen molar-refractivity contribution in [2.45, 2.75) is 57.5 Å². The summed E-state index contributed by atoms with van der Waals surface area (Å²) in [5.74, 6) is 0.296. The van der Waals surface area contributed by atoms with Crippen LogP contribution in [0.2, 0.25) is 18.1 Å². The third-order valence-electron chi connectivity index (χ3n) is 4.56. The Labute approximate surface area is 111 Å². The Bertz CT molecular complexity index is 349. The van der Waals surface area contributed by atoms with E-state index < -0.39 is 8.32 Å². The van der Waals surface area contributed by atoms with E-state index in [0.29, 0.717) is 12.5 Å². The first-order valence-corrected chi connectivity index (χ1v) is 9.56. The molecule has 2 rings (SSSR count). The lowest BCUT2D eigenvalue weighted by molar-refractivity contribution is -0.0198. The Balaban J connectivity index is 2.10. The van der Waals surface area contributed by atoms with E-state index in [1.807, 2.05) is 0 Å². The average Bonchev–Trinajstić information content (AvgIpc) is 2.74. The summed E-state index contributed by atoms with van der Waals surface area (Å²) < 4.78 is 12.1. The van der Waals surface area contributed by atoms with E-state index in [2.05, 4.69) is 39.0 Å². The first kappa shape index (κ1) is 14.0. The minimum Gasteiger partial charge on any atom is -0.411 e. The fourth-order valence-electron chi connectivity index (χ4n) is 2.40. The van der Waals surface area contributed by atoms with Gasteiger partial charge in [0.15, 0.2) is 8.32 Å². The lowest BCUT2D eigenvalue weighted by Gasteiger charge is -2.39. The van der Waals surface area contributed by atoms with Crippen LogP contribution < -0.4 is 0 Å². The van der Waals surface area contributed by atoms with Crippen LogP contribution in [0.3, 0.4) is 0 Å². The van der Waals surface area contributed by atoms with Crippen LogP contribution in [0, 0.1) is 5.92 Å². The Morgan fingerprint density at radius 3 is 2.56 bits per heavy atom. The zero-order valence-corrected chi connectivity index (χ0v) is 13.3. The molecule has 1 saturated carbocycles. The number of hydrogen-bond acceptors (Lipinski definition) is 4. The quantitative estimate of drug-likeness (QED) is 0.741. The van der Waals surface area contributed by atoms with Crippen LogP contribution in [-0.4, -0.2) is 40.0 Å². The number of fused-ring (bicyclic) bond motifs is 1. The predicted molar refractivity (Wildman–Crippen MR) is 74.4 cm³/mol. The van der Waals surface area contributed by atoms with E-state index in [9.17, 15) is 0 Å². The minimum atomic E-state index is -1.75. The lowest BCUT2D eigenvalue weighted by Crippen LogP contribution is -2.47. The Kier molecular flexibility index (Phi) is 3.60. The van der Waals surface area contributed by atoms with Crippen LogP contribution in [0.4, 0.5) is 0 Å². The molecular formula is C13H25NO3Si. The monoisotopic (exact) mass is 271 g/mol. The van der Waals surface area contributed by atoms with Gasteiger partial charge in [0, 0.05) is 13.5 Å². The van der Waals surface area contributed by atoms with Gasteiger partial charge in [0.1, 0.15) is 6.61 Å². The molecule has 0 aromatic rings. The normalized spacial score (nSPS) is 32.1. The fraction of sp³-hybridized carbons (Fsp3) is 0.923. The molecule has 2 aliphatic rings. The first-order chi connectivity index (χ1) is 8.26. The highest BCUT2D eigenvalue weighted by Crippen LogP contribution is 2.41. The molecule has 0 spiro atoms. The van der Waals surface area contributed by atoms with Gasteiger partial charge in [0.05, 0.1) is 23.8 Å². The number of ether oxygens (including phenoxy) is 1. The lowest BCUT2D eigenvalue weighted by atomic mass is 10.1. The second-order valence-corrected chi connectivity index (χ2v) is 11.6. The number of hydrogen-bond donors (Lipinski definition) is 0. The number of rotatable bonds is 3. The first-order valence-electron chi connectivity index (χ1n) is 6.65. The summed E-state index contributed by atoms with van der Waals surface area (Å²) in [5, 5.41) is 4.33. The third kappa shape index (κ3) is 2.35. The molecule has 0 bridgehead atoms. The third-order valence-corrected chi connectivity index (χ3v) is 9.07. The maximum Gasteiger partial charge on any atom is 0.192 e. The second kappa shape index (κ2) is 4.61. The van der Waals surface area contributed by atoms with Crippen molar-refractivity contribution in [1.29, 1.82) is 0 Å². The smallest absolute Gasteiger partial charge is 0.192 e. The van der Waals surface area contributed by atoms with E-state index in [0.717, 1.165) is 12.1 Å². The highest BCUT2D eigenvalue weighted by Gasteiger charge is 2.49. The van der Waals surface area contributed by atoms with Crippen LogP contribution in [0.5, 0.6) is 0 Å². The summed E-state index contributed by atoms with van der Waals surface area (Å²) in [4.78, 5) is 5.15. The van der Waals surface area contributed by atoms with Crippen molar-refractivity contribution >= 4 is 14.0 Å². The second-order valence-electron chi connectivity index (χ2n) is 6.81. The molecule has 3 atom stereocenters. The molecule has 1 fully saturated rings. The molecule has 0 N–H and O–H groups in total. The zero-order chi connectivity index (χ0) is 13.6. The summed E-state index contributed by atoms with van der Waals surface area (Å²) in [7, 11) is 0.00620. The van der Waals surface area contributed by atoms with Crippen LogP contribution >= 0.6 is 0 Å². The molecule has 0 unspecified atom stereocenters. The van der Waals surface area contributed by atoms with Crippen molar-refractivity contribution in [3.63, 3.8) is 0 Å². The van der Waals surface area contributed by atoms with Gasteiger partial charge in [0.2, 0.25) is 0 Å². The Morgan fingerprint density at radius 2 is 2.00 bits per heavy atom. The maximum atomic E-state index is 6.48. The maximum absolute atomic E-state index is 6.48. The standard InChI is InChI=1S/C13H25NO3Si/c1-13(2,3)18(5,6)17-11-7-10-9(8-16-14-10)12(11)15-4/h9,11-12H,7-8H2,1-6H3/t9-,11+,12-/m0/s1. The predicted octanol–water partition coefficient (Wildman–Crippen LogP) is 2.80. The van der Waals surface area contributed by atoms with E-state index in [1.54, 1.807) is 7.11 Å². The SMILES string of the molecule is CO[C@@H]1[C@H](O[Si](C)(C)C(C)(C)C)CC2=NOC[C@@H]21. The van der Waals surface area contributed by atoms with E-state index >= 15 is 0 Å². The summed E-state index contributed by atoms with van der Waals surface area (Å²) in [6.45, 7) is 12.0. The van der Waals surface area contributed by atoms with Crippen molar-refractivity contribution in [1.82, 2.24) is 0 Å². The van der Waals surface area contributed by atoms with Gasteiger partial charge in [0.25, 0.3) is 0 Å². The van der Waals surface area contributed by atoms with Crippen molar-refractivity contribution in [2.75, 3.05) is 13.7 Å². The highest BCUT2D eigenvalue weighted by atomic mass is 28.4. The number of oxime groups is 1. The van der Waals surface area contributed by atoms with Crippen molar-refractivity contribution in [2.24, 2.45) is 11.1 Å². The molecule has 0 aromatic heterocycles. The molecule has 104 valence electrons. The van der Waals surface area contributed by atoms with Gasteiger partial charge in [-0.25, -0.2) is 0 Å². The highest BCUT2D eigenvalue weighted by molar-refractivity contribution is 6.74. The molecule has 0 saturated heterocycles. The van der Waals surface area contributed by atoms with Gasteiger partial charge in [-0.05, 0) is 18.1 Å². The van der Waals surface area contributed by atoms with Crippen molar-refractivity contribution in [3.05, 3.63) is 0 Å². The summed E-state index contributed by atoms with van der Waals surface area (Å²) >= 11 is 0. The van der Waals surface area contributed by atoms with Gasteiger partial charge >= 0.3 is 0 Å². The Morgan fingerprint density at radius 1 is 1.33 bits per heavy atom. The molecular weight excluding hydrogens is 246 g/mol. The molecule has 1 aliphatic carbocycles. The topological polar surface area (TPSA) is 40.0 Å². The molecule has 1 aliphatic heterocycles. The van der Waals surface area contributed by atoms with Crippen LogP contribution in [-0.2, 0) is 14.0 Å². The Hall–Kier alpha value is -0.393. The van der Waals surface area contributed by atoms with E-state index in [-0.39, 0.29) is 17.2 Å². The average molecular weight is 271 g/mol. The van der Waals surface area contributed by atoms with Gasteiger partial charge in [-0.1, -0.05) is 25.9 Å². The number of nitrogens with zero attached hydrogens (tertiary/aromatic N) is 1. The van der Waals surface area contributed by atoms with Gasteiger partial charge < -0.3 is 14.0 Å². The summed E-state index contributed by atoms with van der Waals surface area (Å²) in [6, 6.07) is 0. The largest absolute Gasteiger partial charge is 0.411 e. The van der Waals surface area contributed by atoms with Gasteiger partial charge in [-0.15, -0.1) is 0 Å². The fourth-order valence-corrected chi connectivity index (χ4v) is 3.73. The molecule has 0 radical (unpaired) electrons. The van der Waals surface area contributed by atoms with Crippen molar-refractivity contribution in [3.8, 4) is 0 Å². The summed E-state index contributed by atoms with van der Waals surface area (Å²) in [6.07, 6.45) is 1.10. The van der Waals surface area contributed by atoms with Gasteiger partial charge in [-0.3, -0.25) is 0 Å². The van der Waals surface area contributed by atoms with Gasteiger partial charge in [-0.2, -0.15) is 0 Å². The molecule has 18 heavy (non-hydrogen) atoms. The molecule has 4 nitrogen and oxygen atoms in total. The van der Waals surface area contributed by atoms with E-state index in [4.69, 9.17) is 14.0 Å². The minimum absolute atomic E-state index is 0.0976. The van der Waals surface area contributed by atoms with Crippen LogP contribution in [0.1, 0.15) is 27.2 Å². The summed E-state index contributed by atoms with van der Waals surface area (Å²) in [5.41, 5.74) is 1.12. The van der Waals surface area contributed by atoms with E-state index in [1.165, 1.54) is 0 Å². The molecule has 0 aromatic carbocycles.